The zero-order valence-corrected chi connectivity index (χ0v) is 19.2. The van der Waals surface area contributed by atoms with Gasteiger partial charge in [-0.2, -0.15) is 16.8 Å². The molecule has 1 atom stereocenters. The van der Waals surface area contributed by atoms with Crippen LogP contribution in [-0.4, -0.2) is 161 Å². The van der Waals surface area contributed by atoms with Crippen LogP contribution in [0.4, 0.5) is 0 Å². The molecule has 0 amide bonds. The Kier molecular flexibility index (Phi) is 14.9. The van der Waals surface area contributed by atoms with Gasteiger partial charge in [0.05, 0.1) is 21.3 Å². The summed E-state index contributed by atoms with van der Waals surface area (Å²) in [5.74, 6) is 0.669. The summed E-state index contributed by atoms with van der Waals surface area (Å²) in [5.41, 5.74) is 0.896. The van der Waals surface area contributed by atoms with Crippen LogP contribution in [0, 0.1) is 0 Å². The summed E-state index contributed by atoms with van der Waals surface area (Å²) in [4.78, 5) is 3.94. The van der Waals surface area contributed by atoms with Crippen LogP contribution in [0.2, 0.25) is 0 Å². The van der Waals surface area contributed by atoms with Gasteiger partial charge in [-0.05, 0) is 6.07 Å². The van der Waals surface area contributed by atoms with E-state index in [2.05, 4.69) is 9.08 Å². The van der Waals surface area contributed by atoms with E-state index in [1.54, 1.807) is 18.1 Å². The average molecular weight is 533 g/mol. The fourth-order valence-corrected chi connectivity index (χ4v) is 4.67. The van der Waals surface area contributed by atoms with Crippen molar-refractivity contribution in [1.29, 1.82) is 0 Å². The minimum atomic E-state index is -4.87. The van der Waals surface area contributed by atoms with Crippen LogP contribution in [0.3, 0.4) is 0 Å². The molecule has 1 aromatic carbocycles. The van der Waals surface area contributed by atoms with E-state index in [-0.39, 0.29) is 65.7 Å². The van der Waals surface area contributed by atoms with E-state index in [1.807, 2.05) is 6.07 Å². The molecule has 0 spiro atoms. The molecule has 1 heterocycles. The molecule has 0 bridgehead atoms. The Hall–Kier alpha value is 0.320. The van der Waals surface area contributed by atoms with E-state index >= 15 is 0 Å². The van der Waals surface area contributed by atoms with Gasteiger partial charge in [0.2, 0.25) is 5.75 Å². The fourth-order valence-electron chi connectivity index (χ4n) is 3.46. The molecule has 0 radical (unpaired) electrons. The number of nitrogens with zero attached hydrogens (tertiary/aromatic N) is 2. The Balaban J connectivity index is 0.00000512. The second-order valence-electron chi connectivity index (χ2n) is 6.96. The van der Waals surface area contributed by atoms with Crippen LogP contribution < -0.4 is 14.2 Å². The first-order valence-corrected chi connectivity index (χ1v) is 12.3. The third kappa shape index (κ3) is 11.3. The van der Waals surface area contributed by atoms with Crippen molar-refractivity contribution in [3.8, 4) is 17.2 Å². The molecule has 1 unspecified atom stereocenters. The zero-order valence-electron chi connectivity index (χ0n) is 17.6. The second-order valence-corrected chi connectivity index (χ2v) is 9.51. The van der Waals surface area contributed by atoms with Gasteiger partial charge in [-0.15, -0.1) is 0 Å². The number of benzene rings is 1. The minimum absolute atomic E-state index is 0. The maximum absolute atomic E-state index is 11.1. The summed E-state index contributed by atoms with van der Waals surface area (Å²) < 4.78 is 82.7. The van der Waals surface area contributed by atoms with Crippen molar-refractivity contribution in [2.24, 2.45) is 0 Å². The van der Waals surface area contributed by atoms with Crippen molar-refractivity contribution >= 4 is 79.6 Å². The first-order chi connectivity index (χ1) is 14.5. The molecular weight excluding hydrogens is 502 g/mol. The summed E-state index contributed by atoms with van der Waals surface area (Å²) in [6, 6.07) is 3.67. The van der Waals surface area contributed by atoms with Crippen molar-refractivity contribution in [2.75, 3.05) is 59.8 Å². The summed E-state index contributed by atoms with van der Waals surface area (Å²) in [5, 5.41) is 0. The SMILES string of the molecule is COc1ccc(CN2CCN(CC(CS(=O)(=O)O)OS(=O)(=O)O)CC2)c(OC)c1OC.[NaH].[NaH]. The van der Waals surface area contributed by atoms with Gasteiger partial charge in [-0.3, -0.25) is 18.9 Å². The molecular formula is C17H30N2Na2O10S2. The van der Waals surface area contributed by atoms with E-state index in [1.165, 1.54) is 14.2 Å². The van der Waals surface area contributed by atoms with Gasteiger partial charge in [-0.1, -0.05) is 6.07 Å². The third-order valence-electron chi connectivity index (χ3n) is 4.76. The van der Waals surface area contributed by atoms with E-state index in [9.17, 15) is 16.8 Å². The number of rotatable bonds is 11. The summed E-state index contributed by atoms with van der Waals surface area (Å²) in [6.07, 6.45) is -1.43. The van der Waals surface area contributed by atoms with Crippen LogP contribution in [0.5, 0.6) is 17.2 Å². The van der Waals surface area contributed by atoms with Crippen LogP contribution in [-0.2, 0) is 31.2 Å². The van der Waals surface area contributed by atoms with Crippen molar-refractivity contribution in [3.63, 3.8) is 0 Å². The van der Waals surface area contributed by atoms with Crippen LogP contribution in [0.15, 0.2) is 12.1 Å². The molecule has 2 rings (SSSR count). The molecule has 1 aliphatic rings. The van der Waals surface area contributed by atoms with Gasteiger partial charge >= 0.3 is 69.5 Å². The Bertz CT molecular complexity index is 921. The van der Waals surface area contributed by atoms with Crippen molar-refractivity contribution in [2.45, 2.75) is 12.6 Å². The molecule has 16 heteroatoms. The molecule has 0 aliphatic carbocycles. The van der Waals surface area contributed by atoms with Crippen LogP contribution >= 0.6 is 0 Å². The van der Waals surface area contributed by atoms with E-state index in [4.69, 9.17) is 23.3 Å². The molecule has 0 aromatic heterocycles. The quantitative estimate of drug-likeness (QED) is 0.255. The van der Waals surface area contributed by atoms with Crippen molar-refractivity contribution in [1.82, 2.24) is 9.80 Å². The number of ether oxygens (including phenoxy) is 3. The van der Waals surface area contributed by atoms with Gasteiger partial charge in [-0.25, -0.2) is 4.18 Å². The van der Waals surface area contributed by atoms with Gasteiger partial charge in [0.1, 0.15) is 11.9 Å². The van der Waals surface area contributed by atoms with E-state index < -0.39 is 32.4 Å². The summed E-state index contributed by atoms with van der Waals surface area (Å²) in [6.45, 7) is 2.66. The normalized spacial score (nSPS) is 16.3. The molecule has 182 valence electrons. The predicted octanol–water partition coefficient (Wildman–Crippen LogP) is -1.39. The van der Waals surface area contributed by atoms with E-state index in [0.29, 0.717) is 50.0 Å². The van der Waals surface area contributed by atoms with Crippen LogP contribution in [0.1, 0.15) is 5.56 Å². The van der Waals surface area contributed by atoms with Gasteiger partial charge in [0.15, 0.2) is 11.5 Å². The predicted molar refractivity (Wildman–Crippen MR) is 125 cm³/mol. The zero-order chi connectivity index (χ0) is 23.2. The summed E-state index contributed by atoms with van der Waals surface area (Å²) in [7, 11) is -4.75. The van der Waals surface area contributed by atoms with Crippen molar-refractivity contribution < 1.29 is 44.3 Å². The molecule has 12 nitrogen and oxygen atoms in total. The Morgan fingerprint density at radius 3 is 1.88 bits per heavy atom. The Morgan fingerprint density at radius 1 is 0.879 bits per heavy atom. The molecule has 2 N–H and O–H groups in total. The molecule has 1 aromatic rings. The number of hydrogen-bond acceptors (Lipinski definition) is 10. The van der Waals surface area contributed by atoms with Crippen LogP contribution in [0.25, 0.3) is 0 Å². The van der Waals surface area contributed by atoms with Gasteiger partial charge < -0.3 is 14.2 Å². The second kappa shape index (κ2) is 14.8. The first kappa shape index (κ1) is 33.3. The molecule has 1 aliphatic heterocycles. The summed E-state index contributed by atoms with van der Waals surface area (Å²) >= 11 is 0. The molecule has 1 fully saturated rings. The number of piperazine rings is 1. The maximum atomic E-state index is 11.1. The third-order valence-corrected chi connectivity index (χ3v) is 6.07. The van der Waals surface area contributed by atoms with Gasteiger partial charge in [0, 0.05) is 44.8 Å². The number of methoxy groups -OCH3 is 3. The average Bonchev–Trinajstić information content (AvgIpc) is 2.66. The van der Waals surface area contributed by atoms with Crippen molar-refractivity contribution in [3.05, 3.63) is 17.7 Å². The molecule has 0 saturated carbocycles. The monoisotopic (exact) mass is 532 g/mol. The number of hydrogen-bond donors (Lipinski definition) is 2. The molecule has 1 saturated heterocycles. The standard InChI is InChI=1S/C17H28N2O10S2.2Na.2H/c1-26-15-5-4-13(16(27-2)17(15)28-3)10-18-6-8-19(9-7-18)11-14(12-30(20,21)22)29-31(23,24)25;;;;/h4-5,14H,6-12H2,1-3H3,(H,20,21,22)(H,23,24,25);;;;. The Labute approximate surface area is 239 Å². The van der Waals surface area contributed by atoms with E-state index in [0.717, 1.165) is 5.56 Å². The Morgan fingerprint density at radius 2 is 1.42 bits per heavy atom. The topological polar surface area (TPSA) is 152 Å². The fraction of sp³-hybridized carbons (Fsp3) is 0.647. The first-order valence-electron chi connectivity index (χ1n) is 9.29. The molecule has 33 heavy (non-hydrogen) atoms. The van der Waals surface area contributed by atoms with Gasteiger partial charge in [0.25, 0.3) is 10.1 Å².